The fourth-order valence-corrected chi connectivity index (χ4v) is 6.74. The molecular formula is C31H38N3OS+. The van der Waals surface area contributed by atoms with Gasteiger partial charge < -0.3 is 9.80 Å². The van der Waals surface area contributed by atoms with Gasteiger partial charge in [0, 0.05) is 55.0 Å². The van der Waals surface area contributed by atoms with Gasteiger partial charge in [-0.05, 0) is 90.3 Å². The van der Waals surface area contributed by atoms with Gasteiger partial charge in [-0.3, -0.25) is 4.79 Å². The van der Waals surface area contributed by atoms with Crippen LogP contribution in [0.4, 0.5) is 5.69 Å². The summed E-state index contributed by atoms with van der Waals surface area (Å²) in [5.41, 5.74) is 10.8. The third-order valence-corrected chi connectivity index (χ3v) is 9.16. The van der Waals surface area contributed by atoms with Gasteiger partial charge in [0.05, 0.1) is 4.88 Å². The summed E-state index contributed by atoms with van der Waals surface area (Å²) in [6, 6.07) is 9.08. The molecule has 2 heterocycles. The van der Waals surface area contributed by atoms with E-state index in [1.165, 1.54) is 49.7 Å². The van der Waals surface area contributed by atoms with Crippen LogP contribution in [0.15, 0.2) is 53.6 Å². The first-order chi connectivity index (χ1) is 17.1. The summed E-state index contributed by atoms with van der Waals surface area (Å²) in [7, 11) is 6.41. The van der Waals surface area contributed by atoms with Gasteiger partial charge in [0.1, 0.15) is 14.1 Å². The summed E-state index contributed by atoms with van der Waals surface area (Å²) in [6.45, 7) is 11.4. The van der Waals surface area contributed by atoms with Gasteiger partial charge in [-0.25, -0.2) is 4.58 Å². The van der Waals surface area contributed by atoms with Crippen molar-refractivity contribution >= 4 is 34.2 Å². The van der Waals surface area contributed by atoms with E-state index in [9.17, 15) is 4.79 Å². The second kappa shape index (κ2) is 9.19. The summed E-state index contributed by atoms with van der Waals surface area (Å²) >= 11 is 1.63. The first-order valence-electron chi connectivity index (χ1n) is 13.1. The van der Waals surface area contributed by atoms with E-state index < -0.39 is 0 Å². The largest absolute Gasteiger partial charge is 0.374 e. The molecule has 0 saturated heterocycles. The van der Waals surface area contributed by atoms with Gasteiger partial charge in [-0.2, -0.15) is 0 Å². The highest BCUT2D eigenvalue weighted by atomic mass is 32.1. The molecule has 188 valence electrons. The van der Waals surface area contributed by atoms with Crippen LogP contribution in [-0.2, 0) is 11.8 Å². The van der Waals surface area contributed by atoms with Crippen LogP contribution in [0.2, 0.25) is 0 Å². The van der Waals surface area contributed by atoms with Crippen LogP contribution in [0.1, 0.15) is 65.4 Å². The van der Waals surface area contributed by atoms with E-state index >= 15 is 0 Å². The Morgan fingerprint density at radius 1 is 1.14 bits per heavy atom. The molecule has 0 spiro atoms. The Hall–Kier alpha value is -2.92. The molecule has 0 N–H and O–H groups in total. The maximum Gasteiger partial charge on any atom is 0.263 e. The van der Waals surface area contributed by atoms with Crippen LogP contribution in [0.25, 0.3) is 5.57 Å². The van der Waals surface area contributed by atoms with Gasteiger partial charge >= 0.3 is 0 Å². The molecular weight excluding hydrogens is 462 g/mol. The molecule has 4 nitrogen and oxygen atoms in total. The Morgan fingerprint density at radius 3 is 2.58 bits per heavy atom. The molecule has 2 aliphatic carbocycles. The Morgan fingerprint density at radius 2 is 1.89 bits per heavy atom. The number of amides is 1. The highest BCUT2D eigenvalue weighted by molar-refractivity contribution is 7.15. The highest BCUT2D eigenvalue weighted by Crippen LogP contribution is 2.48. The third kappa shape index (κ3) is 4.07. The summed E-state index contributed by atoms with van der Waals surface area (Å²) in [6.07, 6.45) is 8.91. The zero-order valence-corrected chi connectivity index (χ0v) is 23.6. The average Bonchev–Trinajstić information content (AvgIpc) is 3.34. The number of allylic oxidation sites excluding steroid dienone is 5. The molecule has 36 heavy (non-hydrogen) atoms. The SMILES string of the molecule is CCN(CC)C(=O)c1ccc(C2=C3C=CC(=[N+](C)C)C=C3Cc3cc4c(cc32)C(C)(C)CCN4C)s1. The van der Waals surface area contributed by atoms with E-state index in [4.69, 9.17) is 0 Å². The molecule has 1 amide bonds. The van der Waals surface area contributed by atoms with Crippen molar-refractivity contribution in [3.63, 3.8) is 0 Å². The van der Waals surface area contributed by atoms with Gasteiger partial charge in [0.15, 0.2) is 5.71 Å². The van der Waals surface area contributed by atoms with Crippen molar-refractivity contribution in [3.05, 3.63) is 80.1 Å². The molecule has 5 heteroatoms. The van der Waals surface area contributed by atoms with Crippen molar-refractivity contribution in [2.24, 2.45) is 0 Å². The maximum atomic E-state index is 13.1. The molecule has 1 aromatic heterocycles. The summed E-state index contributed by atoms with van der Waals surface area (Å²) in [4.78, 5) is 19.5. The van der Waals surface area contributed by atoms with Crippen molar-refractivity contribution in [1.29, 1.82) is 0 Å². The van der Waals surface area contributed by atoms with Crippen LogP contribution in [0.5, 0.6) is 0 Å². The first kappa shape index (κ1) is 24.8. The lowest BCUT2D eigenvalue weighted by Gasteiger charge is -2.40. The molecule has 0 atom stereocenters. The van der Waals surface area contributed by atoms with Crippen molar-refractivity contribution in [1.82, 2.24) is 4.90 Å². The molecule has 1 aromatic carbocycles. The van der Waals surface area contributed by atoms with E-state index in [0.717, 1.165) is 37.4 Å². The molecule has 5 rings (SSSR count). The molecule has 2 aromatic rings. The smallest absolute Gasteiger partial charge is 0.263 e. The number of carbonyl (C=O) groups is 1. The maximum absolute atomic E-state index is 13.1. The second-order valence-corrected chi connectivity index (χ2v) is 12.1. The minimum Gasteiger partial charge on any atom is -0.374 e. The molecule has 0 fully saturated rings. The molecule has 1 aliphatic heterocycles. The van der Waals surface area contributed by atoms with Gasteiger partial charge in [-0.1, -0.05) is 13.8 Å². The molecule has 3 aliphatic rings. The van der Waals surface area contributed by atoms with Gasteiger partial charge in [0.2, 0.25) is 0 Å². The number of benzene rings is 1. The van der Waals surface area contributed by atoms with Crippen LogP contribution < -0.4 is 4.90 Å². The van der Waals surface area contributed by atoms with E-state index in [1.54, 1.807) is 11.3 Å². The van der Waals surface area contributed by atoms with Crippen molar-refractivity contribution in [3.8, 4) is 0 Å². The predicted molar refractivity (Wildman–Crippen MR) is 153 cm³/mol. The van der Waals surface area contributed by atoms with Gasteiger partial charge in [-0.15, -0.1) is 11.3 Å². The number of hydrogen-bond donors (Lipinski definition) is 0. The third-order valence-electron chi connectivity index (χ3n) is 8.07. The number of fused-ring (bicyclic) bond motifs is 3. The lowest BCUT2D eigenvalue weighted by Crippen LogP contribution is -2.35. The minimum atomic E-state index is 0.129. The van der Waals surface area contributed by atoms with E-state index in [1.807, 2.05) is 24.8 Å². The van der Waals surface area contributed by atoms with E-state index in [2.05, 4.69) is 80.9 Å². The summed E-state index contributed by atoms with van der Waals surface area (Å²) in [5.74, 6) is 0.129. The average molecular weight is 501 g/mol. The molecule has 0 bridgehead atoms. The quantitative estimate of drug-likeness (QED) is 0.488. The van der Waals surface area contributed by atoms with Gasteiger partial charge in [0.25, 0.3) is 5.91 Å². The normalized spacial score (nSPS) is 17.9. The first-order valence-corrected chi connectivity index (χ1v) is 13.9. The summed E-state index contributed by atoms with van der Waals surface area (Å²) < 4.78 is 2.17. The molecule has 0 unspecified atom stereocenters. The summed E-state index contributed by atoms with van der Waals surface area (Å²) in [5, 5.41) is 0. The Labute approximate surface area is 219 Å². The molecule has 0 saturated carbocycles. The van der Waals surface area contributed by atoms with Crippen molar-refractivity contribution < 1.29 is 9.37 Å². The van der Waals surface area contributed by atoms with E-state index in [-0.39, 0.29) is 11.3 Å². The van der Waals surface area contributed by atoms with Crippen LogP contribution >= 0.6 is 11.3 Å². The number of rotatable bonds is 4. The number of hydrogen-bond acceptors (Lipinski definition) is 3. The lowest BCUT2D eigenvalue weighted by atomic mass is 9.73. The molecule has 0 radical (unpaired) electrons. The Kier molecular flexibility index (Phi) is 6.32. The Balaban J connectivity index is 1.72. The monoisotopic (exact) mass is 500 g/mol. The zero-order valence-electron chi connectivity index (χ0n) is 22.7. The van der Waals surface area contributed by atoms with E-state index in [0.29, 0.717) is 0 Å². The van der Waals surface area contributed by atoms with Crippen LogP contribution in [-0.4, -0.2) is 61.9 Å². The zero-order chi connectivity index (χ0) is 25.8. The van der Waals surface area contributed by atoms with Crippen molar-refractivity contribution in [2.45, 2.75) is 46.0 Å². The number of carbonyl (C=O) groups excluding carboxylic acids is 1. The number of thiophene rings is 1. The second-order valence-electron chi connectivity index (χ2n) is 11.0. The topological polar surface area (TPSA) is 26.6 Å². The van der Waals surface area contributed by atoms with Crippen LogP contribution in [0, 0.1) is 0 Å². The number of nitrogens with zero attached hydrogens (tertiary/aromatic N) is 3. The van der Waals surface area contributed by atoms with Crippen molar-refractivity contribution in [2.75, 3.05) is 45.7 Å². The Bertz CT molecular complexity index is 1360. The fraction of sp³-hybridized carbons (Fsp3) is 0.419. The highest BCUT2D eigenvalue weighted by Gasteiger charge is 2.34. The predicted octanol–water partition coefficient (Wildman–Crippen LogP) is 5.91. The lowest BCUT2D eigenvalue weighted by molar-refractivity contribution is -0.462. The minimum absolute atomic E-state index is 0.129. The standard InChI is InChI=1S/C31H38N3OS/c1-8-34(9-2)30(35)28-13-12-27(36-28)29-23-11-10-22(32(5)6)17-20(23)16-21-18-26-25(19-24(21)29)31(3,4)14-15-33(26)7/h10-13,17-19H,8-9,14-16H2,1-7H3/q+1. The fourth-order valence-electron chi connectivity index (χ4n) is 5.69. The van der Waals surface area contributed by atoms with Crippen LogP contribution in [0.3, 0.4) is 0 Å². The number of anilines is 1.